The van der Waals surface area contributed by atoms with Crippen LogP contribution in [0.25, 0.3) is 0 Å². The minimum absolute atomic E-state index is 0.0105. The Kier molecular flexibility index (Phi) is 6.66. The Morgan fingerprint density at radius 2 is 1.73 bits per heavy atom. The highest BCUT2D eigenvalue weighted by molar-refractivity contribution is 7.89. The van der Waals surface area contributed by atoms with Gasteiger partial charge in [0.05, 0.1) is 26.4 Å². The molecule has 2 aromatic rings. The van der Waals surface area contributed by atoms with E-state index in [1.54, 1.807) is 52.8 Å². The van der Waals surface area contributed by atoms with Crippen LogP contribution in [0.4, 0.5) is 13.2 Å². The van der Waals surface area contributed by atoms with Crippen molar-refractivity contribution < 1.29 is 26.4 Å². The lowest BCUT2D eigenvalue weighted by molar-refractivity contribution is -0.151. The van der Waals surface area contributed by atoms with Gasteiger partial charge in [0.1, 0.15) is 11.9 Å². The number of alkyl halides is 3. The molecule has 4 aliphatic carbocycles. The van der Waals surface area contributed by atoms with Crippen molar-refractivity contribution in [3.63, 3.8) is 0 Å². The van der Waals surface area contributed by atoms with Gasteiger partial charge in [-0.15, -0.1) is 0 Å². The smallest absolute Gasteiger partial charge is 0.366 e. The van der Waals surface area contributed by atoms with Gasteiger partial charge in [-0.3, -0.25) is 9.79 Å². The van der Waals surface area contributed by atoms with Crippen molar-refractivity contribution in [3.8, 4) is 0 Å². The maximum atomic E-state index is 13.9. The number of aliphatic imine (C=N–C) groups is 1. The molecule has 3 atom stereocenters. The molecule has 1 N–H and O–H groups in total. The minimum atomic E-state index is -4.27. The first kappa shape index (κ1) is 29.0. The number of hydrogen-bond acceptors (Lipinski definition) is 5. The molecular formula is C29H30Cl2F3N3O3S. The van der Waals surface area contributed by atoms with Crippen LogP contribution in [0.1, 0.15) is 51.5 Å². The number of carbonyl (C=O) groups is 1. The van der Waals surface area contributed by atoms with Crippen LogP contribution in [0.15, 0.2) is 58.4 Å². The number of carbonyl (C=O) groups excluding carboxylic acids is 1. The van der Waals surface area contributed by atoms with Crippen molar-refractivity contribution in [1.82, 2.24) is 9.62 Å². The van der Waals surface area contributed by atoms with E-state index in [1.165, 1.54) is 0 Å². The zero-order valence-corrected chi connectivity index (χ0v) is 24.8. The third kappa shape index (κ3) is 4.88. The van der Waals surface area contributed by atoms with E-state index in [4.69, 9.17) is 28.2 Å². The van der Waals surface area contributed by atoms with Crippen molar-refractivity contribution in [1.29, 1.82) is 0 Å². The minimum Gasteiger partial charge on any atom is -0.366 e. The number of nitrogens with zero attached hydrogens (tertiary/aromatic N) is 2. The first-order valence-corrected chi connectivity index (χ1v) is 15.7. The van der Waals surface area contributed by atoms with E-state index in [0.29, 0.717) is 40.7 Å². The van der Waals surface area contributed by atoms with Crippen LogP contribution in [0, 0.1) is 17.3 Å². The maximum Gasteiger partial charge on any atom is 0.392 e. The summed E-state index contributed by atoms with van der Waals surface area (Å²) in [6.07, 6.45) is -2.85. The lowest BCUT2D eigenvalue weighted by Crippen LogP contribution is -2.78. The Morgan fingerprint density at radius 1 is 1.07 bits per heavy atom. The van der Waals surface area contributed by atoms with Crippen LogP contribution in [-0.4, -0.2) is 47.6 Å². The largest absolute Gasteiger partial charge is 0.392 e. The number of hydrogen-bond donors (Lipinski definition) is 1. The molecule has 4 saturated carbocycles. The summed E-state index contributed by atoms with van der Waals surface area (Å²) in [5.41, 5.74) is -1.07. The molecule has 5 aliphatic rings. The van der Waals surface area contributed by atoms with Crippen molar-refractivity contribution in [3.05, 3.63) is 64.1 Å². The zero-order chi connectivity index (χ0) is 29.6. The lowest BCUT2D eigenvalue weighted by Gasteiger charge is -2.73. The first-order chi connectivity index (χ1) is 19.1. The number of amidine groups is 1. The van der Waals surface area contributed by atoms with Gasteiger partial charge in [0.2, 0.25) is 10.0 Å². The van der Waals surface area contributed by atoms with Crippen molar-refractivity contribution in [2.45, 2.75) is 80.7 Å². The van der Waals surface area contributed by atoms with Crippen LogP contribution in [0.2, 0.25) is 10.0 Å². The van der Waals surface area contributed by atoms with E-state index < -0.39 is 50.6 Å². The molecule has 0 amide bonds. The number of Topliss-reactive ketones (excluding diaryl/α,β-unsaturated/α-hetero) is 1. The molecule has 0 saturated heterocycles. The maximum absolute atomic E-state index is 13.9. The summed E-state index contributed by atoms with van der Waals surface area (Å²) in [6.45, 7) is 3.77. The SMILES string of the molecule is CC1(C)NC(C23CC(N(Cc4ccc(Cl)c(Cl)c4)S(=O)(=O)c4ccccc4)(C2)C3)=N[C@H]1C(=O)CC1CC1C(F)(F)F. The van der Waals surface area contributed by atoms with Gasteiger partial charge >= 0.3 is 6.18 Å². The van der Waals surface area contributed by atoms with Crippen LogP contribution in [-0.2, 0) is 21.4 Å². The van der Waals surface area contributed by atoms with Crippen molar-refractivity contribution in [2.24, 2.45) is 22.2 Å². The molecule has 1 heterocycles. The predicted octanol–water partition coefficient (Wildman–Crippen LogP) is 6.41. The number of halogens is 5. The summed E-state index contributed by atoms with van der Waals surface area (Å²) in [5, 5.41) is 4.09. The van der Waals surface area contributed by atoms with Crippen LogP contribution in [0.3, 0.4) is 0 Å². The summed E-state index contributed by atoms with van der Waals surface area (Å²) >= 11 is 12.3. The average Bonchev–Trinajstić information content (AvgIpc) is 3.55. The van der Waals surface area contributed by atoms with Crippen molar-refractivity contribution >= 4 is 44.8 Å². The molecule has 6 nitrogen and oxygen atoms in total. The monoisotopic (exact) mass is 627 g/mol. The van der Waals surface area contributed by atoms with Gasteiger partial charge in [-0.05, 0) is 75.3 Å². The van der Waals surface area contributed by atoms with Gasteiger partial charge in [0, 0.05) is 23.9 Å². The van der Waals surface area contributed by atoms with Crippen molar-refractivity contribution in [2.75, 3.05) is 0 Å². The molecule has 12 heteroatoms. The van der Waals surface area contributed by atoms with E-state index in [9.17, 15) is 26.4 Å². The Bertz CT molecular complexity index is 1530. The first-order valence-electron chi connectivity index (χ1n) is 13.5. The molecular weight excluding hydrogens is 598 g/mol. The molecule has 41 heavy (non-hydrogen) atoms. The normalized spacial score (nSPS) is 31.6. The highest BCUT2D eigenvalue weighted by Gasteiger charge is 2.75. The van der Waals surface area contributed by atoms with Gasteiger partial charge in [0.15, 0.2) is 5.78 Å². The van der Waals surface area contributed by atoms with Gasteiger partial charge in [-0.2, -0.15) is 17.5 Å². The van der Waals surface area contributed by atoms with E-state index in [2.05, 4.69) is 5.32 Å². The molecule has 1 aliphatic heterocycles. The van der Waals surface area contributed by atoms with Gasteiger partial charge in [-0.25, -0.2) is 8.42 Å². The van der Waals surface area contributed by atoms with Gasteiger partial charge in [-0.1, -0.05) is 47.5 Å². The number of rotatable bonds is 9. The molecule has 0 aromatic heterocycles. The molecule has 220 valence electrons. The number of sulfonamides is 1. The van der Waals surface area contributed by atoms with Crippen LogP contribution < -0.4 is 5.32 Å². The van der Waals surface area contributed by atoms with E-state index >= 15 is 0 Å². The van der Waals surface area contributed by atoms with Gasteiger partial charge in [0.25, 0.3) is 0 Å². The molecule has 7 rings (SSSR count). The summed E-state index contributed by atoms with van der Waals surface area (Å²) in [4.78, 5) is 18.0. The quantitative estimate of drug-likeness (QED) is 0.348. The number of ketones is 1. The predicted molar refractivity (Wildman–Crippen MR) is 150 cm³/mol. The zero-order valence-electron chi connectivity index (χ0n) is 22.5. The number of nitrogens with one attached hydrogen (secondary N) is 1. The lowest BCUT2D eigenvalue weighted by atomic mass is 9.38. The third-order valence-electron chi connectivity index (χ3n) is 9.17. The third-order valence-corrected chi connectivity index (χ3v) is 11.9. The Labute approximate surface area is 247 Å². The summed E-state index contributed by atoms with van der Waals surface area (Å²) in [6, 6.07) is 12.6. The number of benzene rings is 2. The van der Waals surface area contributed by atoms with Crippen LogP contribution >= 0.6 is 23.2 Å². The molecule has 4 fully saturated rings. The Hall–Kier alpha value is -2.14. The molecule has 2 bridgehead atoms. The fourth-order valence-electron chi connectivity index (χ4n) is 6.97. The summed E-state index contributed by atoms with van der Waals surface area (Å²) < 4.78 is 68.4. The standard InChI is InChI=1S/C29H30Cl2F3N3O3S/c1-26(2)24(23(38)12-18-11-20(18)29(32,33)34)35-25(36-26)27-14-28(15-27,16-27)37(13-17-8-9-21(30)22(31)10-17)41(39,40)19-6-4-3-5-7-19/h3-10,18,20,24H,11-16H2,1-2H3,(H,35,36)/t18?,20?,24-,27?,28?/m0/s1. The van der Waals surface area contributed by atoms with Crippen LogP contribution in [0.5, 0.6) is 0 Å². The Morgan fingerprint density at radius 3 is 2.32 bits per heavy atom. The molecule has 0 radical (unpaired) electrons. The average molecular weight is 629 g/mol. The highest BCUT2D eigenvalue weighted by atomic mass is 35.5. The van der Waals surface area contributed by atoms with E-state index in [-0.39, 0.29) is 30.1 Å². The fraction of sp³-hybridized carbons (Fsp3) is 0.517. The second-order valence-electron chi connectivity index (χ2n) is 12.6. The molecule has 0 spiro atoms. The Balaban J connectivity index is 1.22. The highest BCUT2D eigenvalue weighted by Crippen LogP contribution is 2.71. The topological polar surface area (TPSA) is 78.8 Å². The molecule has 2 aromatic carbocycles. The second kappa shape index (κ2) is 9.43. The fourth-order valence-corrected chi connectivity index (χ4v) is 9.06. The second-order valence-corrected chi connectivity index (χ2v) is 15.3. The van der Waals surface area contributed by atoms with E-state index in [1.807, 2.05) is 13.8 Å². The van der Waals surface area contributed by atoms with Gasteiger partial charge < -0.3 is 5.32 Å². The van der Waals surface area contributed by atoms with E-state index in [0.717, 1.165) is 0 Å². The summed E-state index contributed by atoms with van der Waals surface area (Å²) in [5.74, 6) is -1.72. The summed E-state index contributed by atoms with van der Waals surface area (Å²) in [7, 11) is -3.87. The molecule has 2 unspecified atom stereocenters.